The van der Waals surface area contributed by atoms with Crippen LogP contribution < -0.4 is 4.74 Å². The van der Waals surface area contributed by atoms with Crippen LogP contribution in [0.25, 0.3) is 0 Å². The van der Waals surface area contributed by atoms with E-state index in [-0.39, 0.29) is 18.1 Å². The Morgan fingerprint density at radius 2 is 2.27 bits per heavy atom. The van der Waals surface area contributed by atoms with Crippen molar-refractivity contribution < 1.29 is 19.4 Å². The molecule has 1 aromatic rings. The first-order valence-electron chi connectivity index (χ1n) is 4.40. The van der Waals surface area contributed by atoms with Crippen molar-refractivity contribution >= 4 is 17.6 Å². The zero-order valence-corrected chi connectivity index (χ0v) is 8.95. The number of hydrogen-bond donors (Lipinski definition) is 1. The van der Waals surface area contributed by atoms with Crippen LogP contribution >= 0.6 is 11.6 Å². The highest BCUT2D eigenvalue weighted by atomic mass is 35.5. The summed E-state index contributed by atoms with van der Waals surface area (Å²) in [7, 11) is 0. The summed E-state index contributed by atoms with van der Waals surface area (Å²) in [5.41, 5.74) is 0. The van der Waals surface area contributed by atoms with Crippen molar-refractivity contribution in [1.29, 1.82) is 0 Å². The molecule has 4 nitrogen and oxygen atoms in total. The SMILES string of the molecule is CCOC(=O)COc1ccc(Cl)cc1O. The molecule has 5 heteroatoms. The number of hydrogen-bond acceptors (Lipinski definition) is 4. The second-order valence-electron chi connectivity index (χ2n) is 2.71. The highest BCUT2D eigenvalue weighted by Gasteiger charge is 2.06. The monoisotopic (exact) mass is 230 g/mol. The molecule has 0 heterocycles. The van der Waals surface area contributed by atoms with Gasteiger partial charge in [-0.05, 0) is 19.1 Å². The molecule has 0 saturated heterocycles. The Morgan fingerprint density at radius 3 is 2.87 bits per heavy atom. The fourth-order valence-electron chi connectivity index (χ4n) is 0.952. The number of phenols is 1. The summed E-state index contributed by atoms with van der Waals surface area (Å²) in [6.45, 7) is 1.77. The van der Waals surface area contributed by atoms with E-state index in [4.69, 9.17) is 16.3 Å². The van der Waals surface area contributed by atoms with Crippen molar-refractivity contribution in [1.82, 2.24) is 0 Å². The number of rotatable bonds is 4. The molecule has 0 aromatic heterocycles. The largest absolute Gasteiger partial charge is 0.504 e. The van der Waals surface area contributed by atoms with Crippen molar-refractivity contribution in [2.45, 2.75) is 6.92 Å². The molecule has 0 fully saturated rings. The van der Waals surface area contributed by atoms with Crippen molar-refractivity contribution in [2.75, 3.05) is 13.2 Å². The zero-order chi connectivity index (χ0) is 11.3. The van der Waals surface area contributed by atoms with E-state index in [1.54, 1.807) is 13.0 Å². The van der Waals surface area contributed by atoms with Crippen LogP contribution in [0.1, 0.15) is 6.92 Å². The smallest absolute Gasteiger partial charge is 0.344 e. The molecule has 0 aliphatic heterocycles. The van der Waals surface area contributed by atoms with Gasteiger partial charge in [0.2, 0.25) is 0 Å². The molecule has 0 amide bonds. The molecule has 82 valence electrons. The molecule has 0 atom stereocenters. The lowest BCUT2D eigenvalue weighted by molar-refractivity contribution is -0.145. The lowest BCUT2D eigenvalue weighted by atomic mass is 10.3. The quantitative estimate of drug-likeness (QED) is 0.804. The molecule has 0 spiro atoms. The number of aromatic hydroxyl groups is 1. The van der Waals surface area contributed by atoms with Gasteiger partial charge >= 0.3 is 5.97 Å². The number of carbonyl (C=O) groups is 1. The highest BCUT2D eigenvalue weighted by molar-refractivity contribution is 6.30. The maximum atomic E-state index is 10.9. The number of carbonyl (C=O) groups excluding carboxylic acids is 1. The van der Waals surface area contributed by atoms with Gasteiger partial charge in [-0.1, -0.05) is 11.6 Å². The summed E-state index contributed by atoms with van der Waals surface area (Å²) in [5, 5.41) is 9.77. The summed E-state index contributed by atoms with van der Waals surface area (Å²) >= 11 is 5.62. The Morgan fingerprint density at radius 1 is 1.53 bits per heavy atom. The first-order valence-corrected chi connectivity index (χ1v) is 4.78. The first-order chi connectivity index (χ1) is 7.13. The maximum absolute atomic E-state index is 10.9. The second kappa shape index (κ2) is 5.46. The summed E-state index contributed by atoms with van der Waals surface area (Å²) in [4.78, 5) is 10.9. The van der Waals surface area contributed by atoms with Gasteiger partial charge in [0.15, 0.2) is 18.1 Å². The summed E-state index contributed by atoms with van der Waals surface area (Å²) in [6.07, 6.45) is 0. The molecule has 0 aliphatic carbocycles. The minimum atomic E-state index is -0.480. The third-order valence-corrected chi connectivity index (χ3v) is 1.81. The lowest BCUT2D eigenvalue weighted by Crippen LogP contribution is -2.14. The maximum Gasteiger partial charge on any atom is 0.344 e. The third kappa shape index (κ3) is 3.67. The van der Waals surface area contributed by atoms with Gasteiger partial charge in [-0.25, -0.2) is 4.79 Å². The van der Waals surface area contributed by atoms with Gasteiger partial charge in [-0.3, -0.25) is 0 Å². The molecule has 0 unspecified atom stereocenters. The van der Waals surface area contributed by atoms with Crippen molar-refractivity contribution in [2.24, 2.45) is 0 Å². The molecule has 0 aliphatic rings. The molecule has 0 bridgehead atoms. The van der Waals surface area contributed by atoms with Crippen LogP contribution in [0, 0.1) is 0 Å². The number of benzene rings is 1. The fourth-order valence-corrected chi connectivity index (χ4v) is 1.12. The van der Waals surface area contributed by atoms with Crippen LogP contribution in [0.3, 0.4) is 0 Å². The van der Waals surface area contributed by atoms with Gasteiger partial charge < -0.3 is 14.6 Å². The Bertz CT molecular complexity index is 351. The fraction of sp³-hybridized carbons (Fsp3) is 0.300. The van der Waals surface area contributed by atoms with Gasteiger partial charge in [-0.2, -0.15) is 0 Å². The van der Waals surface area contributed by atoms with Crippen molar-refractivity contribution in [3.8, 4) is 11.5 Å². The van der Waals surface area contributed by atoms with E-state index >= 15 is 0 Å². The van der Waals surface area contributed by atoms with E-state index in [1.165, 1.54) is 12.1 Å². The van der Waals surface area contributed by atoms with Gasteiger partial charge in [0.05, 0.1) is 6.61 Å². The molecular formula is C10H11ClO4. The minimum absolute atomic E-state index is 0.105. The molecule has 0 radical (unpaired) electrons. The van der Waals surface area contributed by atoms with Crippen LogP contribution in [-0.4, -0.2) is 24.3 Å². The zero-order valence-electron chi connectivity index (χ0n) is 8.20. The third-order valence-electron chi connectivity index (χ3n) is 1.57. The first kappa shape index (κ1) is 11.7. The average molecular weight is 231 g/mol. The molecule has 1 aromatic carbocycles. The van der Waals surface area contributed by atoms with Gasteiger partial charge in [0.25, 0.3) is 0 Å². The number of esters is 1. The topological polar surface area (TPSA) is 55.8 Å². The Kier molecular flexibility index (Phi) is 4.24. The van der Waals surface area contributed by atoms with Crippen LogP contribution in [0.15, 0.2) is 18.2 Å². The van der Waals surface area contributed by atoms with E-state index in [0.717, 1.165) is 0 Å². The number of phenolic OH excluding ortho intramolecular Hbond substituents is 1. The Hall–Kier alpha value is -1.42. The van der Waals surface area contributed by atoms with Crippen LogP contribution in [0.4, 0.5) is 0 Å². The van der Waals surface area contributed by atoms with E-state index in [0.29, 0.717) is 11.6 Å². The predicted octanol–water partition coefficient (Wildman–Crippen LogP) is 1.99. The summed E-state index contributed by atoms with van der Waals surface area (Å²) < 4.78 is 9.68. The predicted molar refractivity (Wildman–Crippen MR) is 55.2 cm³/mol. The molecule has 1 rings (SSSR count). The van der Waals surface area contributed by atoms with E-state index in [1.807, 2.05) is 0 Å². The van der Waals surface area contributed by atoms with E-state index in [2.05, 4.69) is 4.74 Å². The average Bonchev–Trinajstić information content (AvgIpc) is 2.17. The van der Waals surface area contributed by atoms with Gasteiger partial charge in [0.1, 0.15) is 0 Å². The molecule has 1 N–H and O–H groups in total. The Balaban J connectivity index is 2.54. The Labute approximate surface area is 92.4 Å². The lowest BCUT2D eigenvalue weighted by Gasteiger charge is -2.07. The summed E-state index contributed by atoms with van der Waals surface area (Å²) in [5.74, 6) is -0.383. The summed E-state index contributed by atoms with van der Waals surface area (Å²) in [6, 6.07) is 4.38. The standard InChI is InChI=1S/C10H11ClO4/c1-2-14-10(13)6-15-9-4-3-7(11)5-8(9)12/h3-5,12H,2,6H2,1H3. The van der Waals surface area contributed by atoms with Crippen LogP contribution in [-0.2, 0) is 9.53 Å². The molecular weight excluding hydrogens is 220 g/mol. The minimum Gasteiger partial charge on any atom is -0.504 e. The van der Waals surface area contributed by atoms with Crippen molar-refractivity contribution in [3.05, 3.63) is 23.2 Å². The second-order valence-corrected chi connectivity index (χ2v) is 3.14. The van der Waals surface area contributed by atoms with E-state index < -0.39 is 5.97 Å². The van der Waals surface area contributed by atoms with E-state index in [9.17, 15) is 9.90 Å². The molecule has 0 saturated carbocycles. The number of halogens is 1. The van der Waals surface area contributed by atoms with Gasteiger partial charge in [-0.15, -0.1) is 0 Å². The van der Waals surface area contributed by atoms with Crippen molar-refractivity contribution in [3.63, 3.8) is 0 Å². The normalized spacial score (nSPS) is 9.73. The number of ether oxygens (including phenoxy) is 2. The van der Waals surface area contributed by atoms with Crippen LogP contribution in [0.2, 0.25) is 5.02 Å². The van der Waals surface area contributed by atoms with Gasteiger partial charge in [0, 0.05) is 11.1 Å². The molecule has 15 heavy (non-hydrogen) atoms. The van der Waals surface area contributed by atoms with Crippen LogP contribution in [0.5, 0.6) is 11.5 Å². The highest BCUT2D eigenvalue weighted by Crippen LogP contribution is 2.28.